The molecule has 36 heavy (non-hydrogen) atoms. The van der Waals surface area contributed by atoms with Crippen LogP contribution in [0.1, 0.15) is 57.7 Å². The molecule has 2 aromatic carbocycles. The largest absolute Gasteiger partial charge is 0.507 e. The monoisotopic (exact) mass is 494 g/mol. The third kappa shape index (κ3) is 6.08. The lowest BCUT2D eigenvalue weighted by molar-refractivity contribution is -0.140. The third-order valence-electron chi connectivity index (χ3n) is 6.50. The van der Waals surface area contributed by atoms with Gasteiger partial charge in [0.25, 0.3) is 11.7 Å². The number of carbonyl (C=O) groups is 2. The summed E-state index contributed by atoms with van der Waals surface area (Å²) >= 11 is 0. The number of ether oxygens (including phenoxy) is 2. The Hall–Kier alpha value is -3.32. The lowest BCUT2D eigenvalue weighted by Crippen LogP contribution is -2.38. The van der Waals surface area contributed by atoms with Crippen LogP contribution in [0.3, 0.4) is 0 Å². The Labute approximate surface area is 214 Å². The number of carbonyl (C=O) groups excluding carboxylic acids is 2. The minimum Gasteiger partial charge on any atom is -0.507 e. The fourth-order valence-corrected chi connectivity index (χ4v) is 4.42. The average molecular weight is 495 g/mol. The van der Waals surface area contributed by atoms with Crippen molar-refractivity contribution in [1.82, 2.24) is 9.80 Å². The number of ketones is 1. The van der Waals surface area contributed by atoms with Crippen LogP contribution in [0.15, 0.2) is 54.1 Å². The average Bonchev–Trinajstić information content (AvgIpc) is 3.15. The smallest absolute Gasteiger partial charge is 0.295 e. The fraction of sp³-hybridized carbons (Fsp3) is 0.448. The van der Waals surface area contributed by atoms with Crippen molar-refractivity contribution in [2.45, 2.75) is 46.6 Å². The SMILES string of the molecule is CCCCOc1ccc(/C(O)=C2\C(=O)C(=O)N(CCN(CC)CC)C2c2ccccc2OCC)cc1. The summed E-state index contributed by atoms with van der Waals surface area (Å²) in [7, 11) is 0. The number of Topliss-reactive ketones (excluding diaryl/α,β-unsaturated/α-hetero) is 1. The van der Waals surface area contributed by atoms with Gasteiger partial charge >= 0.3 is 0 Å². The van der Waals surface area contributed by atoms with E-state index in [1.807, 2.05) is 31.2 Å². The summed E-state index contributed by atoms with van der Waals surface area (Å²) in [5, 5.41) is 11.3. The molecule has 1 N–H and O–H groups in total. The summed E-state index contributed by atoms with van der Waals surface area (Å²) in [6, 6.07) is 13.6. The maximum Gasteiger partial charge on any atom is 0.295 e. The van der Waals surface area contributed by atoms with Gasteiger partial charge in [-0.25, -0.2) is 0 Å². The number of unbranched alkanes of at least 4 members (excludes halogenated alkanes) is 1. The molecule has 1 unspecified atom stereocenters. The van der Waals surface area contributed by atoms with Gasteiger partial charge in [0.05, 0.1) is 24.8 Å². The minimum absolute atomic E-state index is 0.0753. The molecule has 1 fully saturated rings. The number of benzene rings is 2. The highest BCUT2D eigenvalue weighted by molar-refractivity contribution is 6.46. The van der Waals surface area contributed by atoms with Crippen molar-refractivity contribution < 1.29 is 24.2 Å². The van der Waals surface area contributed by atoms with Crippen LogP contribution in [0.25, 0.3) is 5.76 Å². The second kappa shape index (κ2) is 13.1. The molecule has 1 aliphatic rings. The number of amides is 1. The number of likely N-dealkylation sites (tertiary alicyclic amines) is 1. The van der Waals surface area contributed by atoms with Gasteiger partial charge in [0.1, 0.15) is 17.3 Å². The zero-order valence-corrected chi connectivity index (χ0v) is 21.8. The van der Waals surface area contributed by atoms with E-state index >= 15 is 0 Å². The van der Waals surface area contributed by atoms with Crippen molar-refractivity contribution >= 4 is 17.4 Å². The van der Waals surface area contributed by atoms with Crippen molar-refractivity contribution in [2.75, 3.05) is 39.4 Å². The Morgan fingerprint density at radius 3 is 2.31 bits per heavy atom. The molecular weight excluding hydrogens is 456 g/mol. The first kappa shape index (κ1) is 27.3. The standard InChI is InChI=1S/C29H38N2O5/c1-5-9-20-36-22-16-14-21(15-17-22)27(32)25-26(23-12-10-11-13-24(23)35-8-4)31(29(34)28(25)33)19-18-30(6-2)7-3/h10-17,26,32H,5-9,18-20H2,1-4H3/b27-25+. The number of hydrogen-bond donors (Lipinski definition) is 1. The van der Waals surface area contributed by atoms with Crippen LogP contribution in [-0.2, 0) is 9.59 Å². The van der Waals surface area contributed by atoms with Crippen molar-refractivity contribution in [1.29, 1.82) is 0 Å². The first-order valence-corrected chi connectivity index (χ1v) is 12.9. The van der Waals surface area contributed by atoms with E-state index in [1.165, 1.54) is 0 Å². The zero-order valence-electron chi connectivity index (χ0n) is 21.8. The van der Waals surface area contributed by atoms with Gasteiger partial charge in [-0.15, -0.1) is 0 Å². The van der Waals surface area contributed by atoms with Crippen LogP contribution >= 0.6 is 0 Å². The molecule has 7 nitrogen and oxygen atoms in total. The van der Waals surface area contributed by atoms with E-state index in [2.05, 4.69) is 25.7 Å². The number of nitrogens with zero attached hydrogens (tertiary/aromatic N) is 2. The van der Waals surface area contributed by atoms with Crippen LogP contribution in [-0.4, -0.2) is 66.0 Å². The molecule has 1 aliphatic heterocycles. The van der Waals surface area contributed by atoms with Gasteiger partial charge < -0.3 is 24.4 Å². The van der Waals surface area contributed by atoms with Crippen LogP contribution in [0.5, 0.6) is 11.5 Å². The quantitative estimate of drug-likeness (QED) is 0.182. The summed E-state index contributed by atoms with van der Waals surface area (Å²) in [6.45, 7) is 11.8. The lowest BCUT2D eigenvalue weighted by atomic mass is 9.94. The third-order valence-corrected chi connectivity index (χ3v) is 6.50. The molecule has 7 heteroatoms. The number of hydrogen-bond acceptors (Lipinski definition) is 6. The van der Waals surface area contributed by atoms with E-state index < -0.39 is 17.7 Å². The molecule has 1 atom stereocenters. The highest BCUT2D eigenvalue weighted by Gasteiger charge is 2.46. The molecule has 2 aromatic rings. The van der Waals surface area contributed by atoms with Crippen LogP contribution < -0.4 is 9.47 Å². The Kier molecular flexibility index (Phi) is 9.94. The summed E-state index contributed by atoms with van der Waals surface area (Å²) in [4.78, 5) is 30.3. The number of aliphatic hydroxyl groups excluding tert-OH is 1. The molecule has 1 amide bonds. The Balaban J connectivity index is 2.05. The molecule has 0 aliphatic carbocycles. The summed E-state index contributed by atoms with van der Waals surface area (Å²) < 4.78 is 11.6. The van der Waals surface area contributed by atoms with E-state index in [1.54, 1.807) is 29.2 Å². The van der Waals surface area contributed by atoms with Crippen LogP contribution in [0.2, 0.25) is 0 Å². The van der Waals surface area contributed by atoms with E-state index in [4.69, 9.17) is 9.47 Å². The highest BCUT2D eigenvalue weighted by atomic mass is 16.5. The lowest BCUT2D eigenvalue weighted by Gasteiger charge is -2.29. The molecule has 1 saturated heterocycles. The summed E-state index contributed by atoms with van der Waals surface area (Å²) in [5.74, 6) is -0.218. The highest BCUT2D eigenvalue weighted by Crippen LogP contribution is 2.42. The number of para-hydroxylation sites is 1. The maximum absolute atomic E-state index is 13.3. The van der Waals surface area contributed by atoms with E-state index in [9.17, 15) is 14.7 Å². The molecule has 0 radical (unpaired) electrons. The van der Waals surface area contributed by atoms with E-state index in [0.717, 1.165) is 25.9 Å². The second-order valence-electron chi connectivity index (χ2n) is 8.72. The molecular formula is C29H38N2O5. The van der Waals surface area contributed by atoms with E-state index in [0.29, 0.717) is 48.9 Å². The topological polar surface area (TPSA) is 79.3 Å². The normalized spacial score (nSPS) is 17.1. The molecule has 0 aromatic heterocycles. The molecule has 0 bridgehead atoms. The molecule has 194 valence electrons. The van der Waals surface area contributed by atoms with Crippen molar-refractivity contribution in [2.24, 2.45) is 0 Å². The Bertz CT molecular complexity index is 1060. The molecule has 0 saturated carbocycles. The second-order valence-corrected chi connectivity index (χ2v) is 8.72. The first-order valence-electron chi connectivity index (χ1n) is 12.9. The van der Waals surface area contributed by atoms with Gasteiger partial charge in [-0.1, -0.05) is 45.4 Å². The Morgan fingerprint density at radius 2 is 1.67 bits per heavy atom. The van der Waals surface area contributed by atoms with Gasteiger partial charge in [-0.2, -0.15) is 0 Å². The summed E-state index contributed by atoms with van der Waals surface area (Å²) in [6.07, 6.45) is 1.99. The van der Waals surface area contributed by atoms with Gasteiger partial charge in [0.2, 0.25) is 0 Å². The fourth-order valence-electron chi connectivity index (χ4n) is 4.42. The molecule has 3 rings (SSSR count). The number of aliphatic hydroxyl groups is 1. The van der Waals surface area contributed by atoms with Crippen molar-refractivity contribution in [3.8, 4) is 11.5 Å². The van der Waals surface area contributed by atoms with Gasteiger partial charge in [0, 0.05) is 24.2 Å². The van der Waals surface area contributed by atoms with Gasteiger partial charge in [-0.05, 0) is 56.8 Å². The molecule has 0 spiro atoms. The first-order chi connectivity index (χ1) is 17.5. The number of rotatable bonds is 13. The Morgan fingerprint density at radius 1 is 0.972 bits per heavy atom. The van der Waals surface area contributed by atoms with Crippen LogP contribution in [0, 0.1) is 0 Å². The number of likely N-dealkylation sites (N-methyl/N-ethyl adjacent to an activating group) is 1. The van der Waals surface area contributed by atoms with Gasteiger partial charge in [0.15, 0.2) is 0 Å². The maximum atomic E-state index is 13.3. The summed E-state index contributed by atoms with van der Waals surface area (Å²) in [5.41, 5.74) is 1.21. The van der Waals surface area contributed by atoms with Crippen molar-refractivity contribution in [3.05, 3.63) is 65.2 Å². The predicted octanol–water partition coefficient (Wildman–Crippen LogP) is 5.03. The van der Waals surface area contributed by atoms with E-state index in [-0.39, 0.29) is 11.3 Å². The minimum atomic E-state index is -0.746. The van der Waals surface area contributed by atoms with Gasteiger partial charge in [-0.3, -0.25) is 9.59 Å². The zero-order chi connectivity index (χ0) is 26.1. The molecule has 1 heterocycles. The van der Waals surface area contributed by atoms with Crippen molar-refractivity contribution in [3.63, 3.8) is 0 Å². The van der Waals surface area contributed by atoms with Crippen LogP contribution in [0.4, 0.5) is 0 Å². The predicted molar refractivity (Wildman–Crippen MR) is 141 cm³/mol.